The molecule has 6 heteroatoms. The summed E-state index contributed by atoms with van der Waals surface area (Å²) < 4.78 is 5.81. The maximum atomic E-state index is 13.0. The molecule has 3 saturated carbocycles. The number of hydrogen-bond donors (Lipinski definition) is 0. The Morgan fingerprint density at radius 1 is 0.938 bits per heavy atom. The van der Waals surface area contributed by atoms with E-state index in [1.165, 1.54) is 90.3 Å². The lowest BCUT2D eigenvalue weighted by Crippen LogP contribution is -2.44. The van der Waals surface area contributed by atoms with Gasteiger partial charge in [-0.25, -0.2) is 9.78 Å². The van der Waals surface area contributed by atoms with Gasteiger partial charge in [-0.2, -0.15) is 0 Å². The first-order valence-corrected chi connectivity index (χ1v) is 14.3. The van der Waals surface area contributed by atoms with Crippen LogP contribution in [0.25, 0.3) is 0 Å². The lowest BCUT2D eigenvalue weighted by molar-refractivity contribution is 0.111. The summed E-state index contributed by atoms with van der Waals surface area (Å²) in [6.45, 7) is 3.64. The number of thiazole rings is 1. The van der Waals surface area contributed by atoms with Gasteiger partial charge in [0.25, 0.3) is 0 Å². The van der Waals surface area contributed by atoms with Crippen LogP contribution in [0.5, 0.6) is 5.88 Å². The highest BCUT2D eigenvalue weighted by Gasteiger charge is 2.39. The molecule has 0 N–H and O–H groups in total. The van der Waals surface area contributed by atoms with Gasteiger partial charge in [-0.15, -0.1) is 11.3 Å². The highest BCUT2D eigenvalue weighted by molar-refractivity contribution is 7.09. The second-order valence-corrected chi connectivity index (χ2v) is 11.6. The zero-order chi connectivity index (χ0) is 21.8. The number of ether oxygens (including phenoxy) is 1. The molecule has 1 amide bonds. The summed E-state index contributed by atoms with van der Waals surface area (Å²) in [5, 5.41) is 3.12. The minimum atomic E-state index is -0.159. The van der Waals surface area contributed by atoms with Crippen molar-refractivity contribution in [3.8, 4) is 5.88 Å². The van der Waals surface area contributed by atoms with E-state index in [2.05, 4.69) is 9.80 Å². The fourth-order valence-corrected chi connectivity index (χ4v) is 7.09. The maximum Gasteiger partial charge on any atom is 0.417 e. The SMILES string of the molecule is O=C(Oc1csc(C2CCN(CCC3CCCCC3)CC2)n1)N(C1CCCCC1)C1CC1. The van der Waals surface area contributed by atoms with Crippen molar-refractivity contribution in [3.05, 3.63) is 10.4 Å². The Morgan fingerprint density at radius 3 is 2.28 bits per heavy atom. The van der Waals surface area contributed by atoms with Crippen molar-refractivity contribution in [3.63, 3.8) is 0 Å². The van der Waals surface area contributed by atoms with Crippen LogP contribution in [-0.4, -0.2) is 52.6 Å². The van der Waals surface area contributed by atoms with E-state index in [0.29, 0.717) is 23.9 Å². The lowest BCUT2D eigenvalue weighted by atomic mass is 9.86. The molecule has 0 spiro atoms. The molecule has 0 atom stereocenters. The zero-order valence-corrected chi connectivity index (χ0v) is 20.5. The summed E-state index contributed by atoms with van der Waals surface area (Å²) in [6, 6.07) is 0.779. The number of amides is 1. The fourth-order valence-electron chi connectivity index (χ4n) is 6.20. The Labute approximate surface area is 197 Å². The van der Waals surface area contributed by atoms with Crippen LogP contribution in [0.2, 0.25) is 0 Å². The Bertz CT molecular complexity index is 729. The van der Waals surface area contributed by atoms with E-state index in [4.69, 9.17) is 9.72 Å². The number of nitrogens with zero attached hydrogens (tertiary/aromatic N) is 3. The van der Waals surface area contributed by atoms with Crippen molar-refractivity contribution in [2.75, 3.05) is 19.6 Å². The summed E-state index contributed by atoms with van der Waals surface area (Å²) in [5.41, 5.74) is 0. The van der Waals surface area contributed by atoms with Gasteiger partial charge in [0.1, 0.15) is 0 Å². The molecule has 0 bridgehead atoms. The molecular weight excluding hydrogens is 418 g/mol. The van der Waals surface area contributed by atoms with Gasteiger partial charge in [-0.1, -0.05) is 51.4 Å². The van der Waals surface area contributed by atoms with Gasteiger partial charge in [-0.05, 0) is 70.5 Å². The van der Waals surface area contributed by atoms with Crippen molar-refractivity contribution in [2.45, 2.75) is 114 Å². The first-order valence-electron chi connectivity index (χ1n) is 13.4. The normalized spacial score (nSPS) is 24.5. The zero-order valence-electron chi connectivity index (χ0n) is 19.7. The molecule has 5 rings (SSSR count). The minimum absolute atomic E-state index is 0.159. The van der Waals surface area contributed by atoms with Crippen molar-refractivity contribution in [2.24, 2.45) is 5.92 Å². The summed E-state index contributed by atoms with van der Waals surface area (Å²) in [5.74, 6) is 2.02. The van der Waals surface area contributed by atoms with Gasteiger partial charge in [0, 0.05) is 18.0 Å². The average Bonchev–Trinajstić information content (AvgIpc) is 3.56. The summed E-state index contributed by atoms with van der Waals surface area (Å²) >= 11 is 1.68. The molecule has 1 saturated heterocycles. The predicted octanol–water partition coefficient (Wildman–Crippen LogP) is 6.59. The summed E-state index contributed by atoms with van der Waals surface area (Å²) in [6.07, 6.45) is 19.2. The van der Waals surface area contributed by atoms with Gasteiger partial charge in [0.2, 0.25) is 5.88 Å². The molecule has 1 aromatic heterocycles. The third kappa shape index (κ3) is 5.85. The molecule has 4 fully saturated rings. The van der Waals surface area contributed by atoms with Crippen LogP contribution in [0.3, 0.4) is 0 Å². The van der Waals surface area contributed by atoms with Crippen LogP contribution < -0.4 is 4.74 Å². The van der Waals surface area contributed by atoms with Crippen LogP contribution in [0.1, 0.15) is 107 Å². The monoisotopic (exact) mass is 459 g/mol. The molecule has 0 radical (unpaired) electrons. The van der Waals surface area contributed by atoms with Crippen LogP contribution in [-0.2, 0) is 0 Å². The number of likely N-dealkylation sites (tertiary alicyclic amines) is 1. The molecule has 0 unspecified atom stereocenters. The van der Waals surface area contributed by atoms with Crippen molar-refractivity contribution in [1.29, 1.82) is 0 Å². The van der Waals surface area contributed by atoms with Crippen LogP contribution >= 0.6 is 11.3 Å². The van der Waals surface area contributed by atoms with E-state index >= 15 is 0 Å². The third-order valence-electron chi connectivity index (χ3n) is 8.33. The van der Waals surface area contributed by atoms with Gasteiger partial charge in [-0.3, -0.25) is 0 Å². The molecule has 32 heavy (non-hydrogen) atoms. The smallest absolute Gasteiger partial charge is 0.390 e. The Morgan fingerprint density at radius 2 is 1.59 bits per heavy atom. The van der Waals surface area contributed by atoms with Crippen molar-refractivity contribution >= 4 is 17.4 Å². The van der Waals surface area contributed by atoms with E-state index in [1.807, 2.05) is 5.38 Å². The Kier molecular flexibility index (Phi) is 7.68. The van der Waals surface area contributed by atoms with Gasteiger partial charge in [0.05, 0.1) is 10.4 Å². The van der Waals surface area contributed by atoms with E-state index in [9.17, 15) is 4.79 Å². The molecule has 3 aliphatic carbocycles. The van der Waals surface area contributed by atoms with E-state index in [0.717, 1.165) is 36.6 Å². The number of carbonyl (C=O) groups is 1. The first-order chi connectivity index (χ1) is 15.8. The second-order valence-electron chi connectivity index (χ2n) is 10.7. The van der Waals surface area contributed by atoms with E-state index in [1.54, 1.807) is 11.3 Å². The van der Waals surface area contributed by atoms with Gasteiger partial charge < -0.3 is 14.5 Å². The average molecular weight is 460 g/mol. The molecule has 1 aliphatic heterocycles. The topological polar surface area (TPSA) is 45.7 Å². The maximum absolute atomic E-state index is 13.0. The van der Waals surface area contributed by atoms with Crippen LogP contribution in [0.15, 0.2) is 5.38 Å². The number of carbonyl (C=O) groups excluding carboxylic acids is 1. The Balaban J connectivity index is 1.09. The fraction of sp³-hybridized carbons (Fsp3) is 0.846. The Hall–Kier alpha value is -1.14. The quantitative estimate of drug-likeness (QED) is 0.461. The molecule has 4 aliphatic rings. The standard InChI is InChI=1S/C26H41N3O2S/c30-26(29(23-11-12-23)22-9-5-2-6-10-22)31-24-19-32-25(27-24)21-14-17-28(18-15-21)16-13-20-7-3-1-4-8-20/h19-23H,1-18H2. The molecular formula is C26H41N3O2S. The van der Waals surface area contributed by atoms with Crippen molar-refractivity contribution < 1.29 is 9.53 Å². The van der Waals surface area contributed by atoms with Crippen LogP contribution in [0.4, 0.5) is 4.79 Å². The number of hydrogen-bond acceptors (Lipinski definition) is 5. The molecule has 178 valence electrons. The third-order valence-corrected chi connectivity index (χ3v) is 9.31. The highest BCUT2D eigenvalue weighted by atomic mass is 32.1. The van der Waals surface area contributed by atoms with Crippen LogP contribution in [0, 0.1) is 5.92 Å². The largest absolute Gasteiger partial charge is 0.417 e. The summed E-state index contributed by atoms with van der Waals surface area (Å²) in [7, 11) is 0. The second kappa shape index (κ2) is 10.9. The first kappa shape index (κ1) is 22.6. The molecule has 5 nitrogen and oxygen atoms in total. The highest BCUT2D eigenvalue weighted by Crippen LogP contribution is 2.36. The van der Waals surface area contributed by atoms with Crippen molar-refractivity contribution in [1.82, 2.24) is 14.8 Å². The summed E-state index contributed by atoms with van der Waals surface area (Å²) in [4.78, 5) is 22.5. The van der Waals surface area contributed by atoms with Gasteiger partial charge in [0.15, 0.2) is 0 Å². The number of aromatic nitrogens is 1. The van der Waals surface area contributed by atoms with E-state index < -0.39 is 0 Å². The van der Waals surface area contributed by atoms with E-state index in [-0.39, 0.29) is 6.09 Å². The molecule has 0 aromatic carbocycles. The minimum Gasteiger partial charge on any atom is -0.390 e. The molecule has 2 heterocycles. The number of rotatable bonds is 7. The number of piperidine rings is 1. The lowest BCUT2D eigenvalue weighted by Gasteiger charge is -2.33. The predicted molar refractivity (Wildman–Crippen MR) is 129 cm³/mol. The van der Waals surface area contributed by atoms with Gasteiger partial charge >= 0.3 is 6.09 Å². The molecule has 1 aromatic rings.